The lowest BCUT2D eigenvalue weighted by Gasteiger charge is -2.30. The van der Waals surface area contributed by atoms with Crippen LogP contribution in [0.3, 0.4) is 0 Å². The number of carbonyl (C=O) groups excluding carboxylic acids is 1. The maximum Gasteiger partial charge on any atom is 0.234 e. The molecule has 0 spiro atoms. The lowest BCUT2D eigenvalue weighted by Crippen LogP contribution is -2.41. The van der Waals surface area contributed by atoms with Crippen molar-refractivity contribution in [2.75, 3.05) is 19.6 Å². The molecule has 1 aromatic carbocycles. The average Bonchev–Trinajstić information content (AvgIpc) is 2.42. The number of halogens is 1. The summed E-state index contributed by atoms with van der Waals surface area (Å²) >= 11 is 3.42. The van der Waals surface area contributed by atoms with Gasteiger partial charge < -0.3 is 5.32 Å². The Morgan fingerprint density at radius 2 is 1.95 bits per heavy atom. The van der Waals surface area contributed by atoms with Gasteiger partial charge in [0.2, 0.25) is 5.91 Å². The minimum Gasteiger partial charge on any atom is -0.348 e. The molecule has 0 bridgehead atoms. The van der Waals surface area contributed by atoms with Crippen molar-refractivity contribution >= 4 is 21.8 Å². The van der Waals surface area contributed by atoms with Crippen LogP contribution >= 0.6 is 15.9 Å². The zero-order valence-corrected chi connectivity index (χ0v) is 13.8. The highest BCUT2D eigenvalue weighted by molar-refractivity contribution is 9.10. The first-order chi connectivity index (χ1) is 9.54. The average molecular weight is 339 g/mol. The van der Waals surface area contributed by atoms with Gasteiger partial charge in [0.1, 0.15) is 0 Å². The van der Waals surface area contributed by atoms with E-state index in [1.54, 1.807) is 0 Å². The normalized spacial score (nSPS) is 18.8. The third kappa shape index (κ3) is 4.60. The molecule has 0 aromatic heterocycles. The predicted molar refractivity (Wildman–Crippen MR) is 85.5 cm³/mol. The Morgan fingerprint density at radius 3 is 2.55 bits per heavy atom. The quantitative estimate of drug-likeness (QED) is 0.912. The predicted octanol–water partition coefficient (Wildman–Crippen LogP) is 3.36. The van der Waals surface area contributed by atoms with E-state index in [1.807, 2.05) is 31.2 Å². The van der Waals surface area contributed by atoms with E-state index in [0.717, 1.165) is 29.0 Å². The molecule has 110 valence electrons. The van der Waals surface area contributed by atoms with Crippen molar-refractivity contribution in [1.29, 1.82) is 0 Å². The summed E-state index contributed by atoms with van der Waals surface area (Å²) in [6.07, 6.45) is 2.41. The third-order valence-electron chi connectivity index (χ3n) is 3.99. The Balaban J connectivity index is 1.80. The van der Waals surface area contributed by atoms with E-state index in [4.69, 9.17) is 0 Å². The molecular weight excluding hydrogens is 316 g/mol. The summed E-state index contributed by atoms with van der Waals surface area (Å²) < 4.78 is 1.06. The van der Waals surface area contributed by atoms with Crippen LogP contribution in [-0.2, 0) is 4.79 Å². The Bertz CT molecular complexity index is 438. The van der Waals surface area contributed by atoms with Crippen LogP contribution in [0.25, 0.3) is 0 Å². The zero-order chi connectivity index (χ0) is 14.5. The molecule has 0 aliphatic carbocycles. The van der Waals surface area contributed by atoms with Gasteiger partial charge in [-0.25, -0.2) is 0 Å². The van der Waals surface area contributed by atoms with Crippen molar-refractivity contribution in [3.63, 3.8) is 0 Å². The summed E-state index contributed by atoms with van der Waals surface area (Å²) in [6.45, 7) is 6.92. The molecule has 1 amide bonds. The van der Waals surface area contributed by atoms with Crippen LogP contribution < -0.4 is 5.32 Å². The second-order valence-electron chi connectivity index (χ2n) is 5.80. The first-order valence-electron chi connectivity index (χ1n) is 7.32. The fraction of sp³-hybridized carbons (Fsp3) is 0.562. The number of hydrogen-bond acceptors (Lipinski definition) is 2. The third-order valence-corrected chi connectivity index (χ3v) is 4.52. The molecule has 1 aromatic rings. The summed E-state index contributed by atoms with van der Waals surface area (Å²) in [6, 6.07) is 8.14. The van der Waals surface area contributed by atoms with E-state index < -0.39 is 0 Å². The lowest BCUT2D eigenvalue weighted by atomic mass is 9.99. The molecule has 1 atom stereocenters. The smallest absolute Gasteiger partial charge is 0.234 e. The van der Waals surface area contributed by atoms with Crippen LogP contribution in [-0.4, -0.2) is 30.4 Å². The molecule has 1 aliphatic heterocycles. The van der Waals surface area contributed by atoms with E-state index in [2.05, 4.69) is 33.1 Å². The molecule has 1 N–H and O–H groups in total. The first kappa shape index (κ1) is 15.5. The topological polar surface area (TPSA) is 32.3 Å². The summed E-state index contributed by atoms with van der Waals surface area (Å²) in [5, 5.41) is 3.08. The molecule has 4 heteroatoms. The molecule has 0 saturated carbocycles. The van der Waals surface area contributed by atoms with E-state index in [1.165, 1.54) is 12.8 Å². The van der Waals surface area contributed by atoms with Crippen LogP contribution in [0.15, 0.2) is 28.7 Å². The Labute approximate surface area is 129 Å². The number of nitrogens with one attached hydrogen (secondary N) is 1. The molecule has 1 heterocycles. The van der Waals surface area contributed by atoms with Gasteiger partial charge in [-0.15, -0.1) is 0 Å². The highest BCUT2D eigenvalue weighted by Gasteiger charge is 2.18. The fourth-order valence-electron chi connectivity index (χ4n) is 2.55. The Hall–Kier alpha value is -0.870. The van der Waals surface area contributed by atoms with Crippen LogP contribution in [0.5, 0.6) is 0 Å². The van der Waals surface area contributed by atoms with Crippen LogP contribution in [0, 0.1) is 5.92 Å². The summed E-state index contributed by atoms with van der Waals surface area (Å²) in [5.74, 6) is 0.922. The molecule has 0 radical (unpaired) electrons. The summed E-state index contributed by atoms with van der Waals surface area (Å²) in [4.78, 5) is 14.3. The Morgan fingerprint density at radius 1 is 1.35 bits per heavy atom. The summed E-state index contributed by atoms with van der Waals surface area (Å²) in [7, 11) is 0. The monoisotopic (exact) mass is 338 g/mol. The van der Waals surface area contributed by atoms with Crippen LogP contribution in [0.4, 0.5) is 0 Å². The van der Waals surface area contributed by atoms with Gasteiger partial charge in [-0.2, -0.15) is 0 Å². The number of benzene rings is 1. The highest BCUT2D eigenvalue weighted by atomic mass is 79.9. The van der Waals surface area contributed by atoms with Gasteiger partial charge in [-0.3, -0.25) is 9.69 Å². The van der Waals surface area contributed by atoms with E-state index in [0.29, 0.717) is 6.54 Å². The van der Waals surface area contributed by atoms with E-state index >= 15 is 0 Å². The number of likely N-dealkylation sites (tertiary alicyclic amines) is 1. The van der Waals surface area contributed by atoms with Crippen molar-refractivity contribution < 1.29 is 4.79 Å². The molecule has 20 heavy (non-hydrogen) atoms. The zero-order valence-electron chi connectivity index (χ0n) is 12.2. The van der Waals surface area contributed by atoms with Crippen LogP contribution in [0.2, 0.25) is 0 Å². The fourth-order valence-corrected chi connectivity index (χ4v) is 2.81. The van der Waals surface area contributed by atoms with E-state index in [-0.39, 0.29) is 11.9 Å². The Kier molecular flexibility index (Phi) is 5.61. The van der Waals surface area contributed by atoms with Gasteiger partial charge in [0.25, 0.3) is 0 Å². The maximum atomic E-state index is 12.1. The molecular formula is C16H23BrN2O. The van der Waals surface area contributed by atoms with Crippen molar-refractivity contribution in [3.05, 3.63) is 34.3 Å². The number of piperidine rings is 1. The number of nitrogens with zero attached hydrogens (tertiary/aromatic N) is 1. The maximum absolute atomic E-state index is 12.1. The van der Waals surface area contributed by atoms with Gasteiger partial charge in [0.05, 0.1) is 12.6 Å². The number of amides is 1. The van der Waals surface area contributed by atoms with Gasteiger partial charge in [0.15, 0.2) is 0 Å². The molecule has 1 saturated heterocycles. The molecule has 2 rings (SSSR count). The first-order valence-corrected chi connectivity index (χ1v) is 8.11. The van der Waals surface area contributed by atoms with E-state index in [9.17, 15) is 4.79 Å². The number of carbonyl (C=O) groups is 1. The molecule has 1 fully saturated rings. The SMILES string of the molecule is CC1CCN(CC(=O)NC(C)c2ccc(Br)cc2)CC1. The lowest BCUT2D eigenvalue weighted by molar-refractivity contribution is -0.123. The van der Waals surface area contributed by atoms with Crippen molar-refractivity contribution in [3.8, 4) is 0 Å². The van der Waals surface area contributed by atoms with Gasteiger partial charge in [0, 0.05) is 4.47 Å². The standard InChI is InChI=1S/C16H23BrN2O/c1-12-7-9-19(10-8-12)11-16(20)18-13(2)14-3-5-15(17)6-4-14/h3-6,12-13H,7-11H2,1-2H3,(H,18,20). The second-order valence-corrected chi connectivity index (χ2v) is 6.72. The van der Waals surface area contributed by atoms with Gasteiger partial charge in [-0.05, 0) is 56.5 Å². The minimum atomic E-state index is 0.0549. The molecule has 1 aliphatic rings. The second kappa shape index (κ2) is 7.23. The minimum absolute atomic E-state index is 0.0549. The van der Waals surface area contributed by atoms with Crippen molar-refractivity contribution in [2.24, 2.45) is 5.92 Å². The van der Waals surface area contributed by atoms with Gasteiger partial charge in [-0.1, -0.05) is 35.0 Å². The number of rotatable bonds is 4. The molecule has 3 nitrogen and oxygen atoms in total. The van der Waals surface area contributed by atoms with Gasteiger partial charge >= 0.3 is 0 Å². The number of hydrogen-bond donors (Lipinski definition) is 1. The highest BCUT2D eigenvalue weighted by Crippen LogP contribution is 2.17. The summed E-state index contributed by atoms with van der Waals surface area (Å²) in [5.41, 5.74) is 1.13. The molecule has 1 unspecified atom stereocenters. The van der Waals surface area contributed by atoms with Crippen molar-refractivity contribution in [2.45, 2.75) is 32.7 Å². The van der Waals surface area contributed by atoms with Crippen molar-refractivity contribution in [1.82, 2.24) is 10.2 Å². The largest absolute Gasteiger partial charge is 0.348 e. The van der Waals surface area contributed by atoms with Crippen LogP contribution in [0.1, 0.15) is 38.3 Å².